The smallest absolute Gasteiger partial charge is 0.0728 e. The Morgan fingerprint density at radius 2 is 2.31 bits per heavy atom. The minimum Gasteiger partial charge on any atom is -0.389 e. The van der Waals surface area contributed by atoms with E-state index in [4.69, 9.17) is 0 Å². The molecule has 0 aliphatic heterocycles. The summed E-state index contributed by atoms with van der Waals surface area (Å²) in [4.78, 5) is 0. The lowest BCUT2D eigenvalue weighted by Crippen LogP contribution is -2.24. The monoisotopic (exact) mass is 180 g/mol. The van der Waals surface area contributed by atoms with E-state index in [1.807, 2.05) is 13.0 Å². The molecule has 1 N–H and O–H groups in total. The summed E-state index contributed by atoms with van der Waals surface area (Å²) < 4.78 is 0. The second-order valence-corrected chi connectivity index (χ2v) is 5.07. The predicted octanol–water partition coefficient (Wildman–Crippen LogP) is 3.06. The first-order valence-electron chi connectivity index (χ1n) is 4.91. The van der Waals surface area contributed by atoms with Crippen LogP contribution in [-0.4, -0.2) is 11.2 Å². The summed E-state index contributed by atoms with van der Waals surface area (Å²) >= 11 is 0. The molecule has 0 aromatic carbocycles. The van der Waals surface area contributed by atoms with Crippen LogP contribution in [0.4, 0.5) is 0 Å². The van der Waals surface area contributed by atoms with Crippen LogP contribution in [0.15, 0.2) is 23.8 Å². The summed E-state index contributed by atoms with van der Waals surface area (Å²) in [6, 6.07) is 0. The molecule has 0 aromatic heterocycles. The van der Waals surface area contributed by atoms with E-state index >= 15 is 0 Å². The number of rotatable bonds is 2. The van der Waals surface area contributed by atoms with E-state index in [0.29, 0.717) is 0 Å². The van der Waals surface area contributed by atoms with Gasteiger partial charge in [-0.1, -0.05) is 37.6 Å². The summed E-state index contributed by atoms with van der Waals surface area (Å²) in [5.74, 6) is 0. The Morgan fingerprint density at radius 1 is 1.69 bits per heavy atom. The van der Waals surface area contributed by atoms with E-state index < -0.39 is 0 Å². The van der Waals surface area contributed by atoms with Crippen LogP contribution in [0.5, 0.6) is 0 Å². The molecule has 0 bridgehead atoms. The molecule has 0 saturated carbocycles. The van der Waals surface area contributed by atoms with Gasteiger partial charge in [0.2, 0.25) is 0 Å². The lowest BCUT2D eigenvalue weighted by molar-refractivity contribution is 0.138. The first-order chi connectivity index (χ1) is 5.89. The Labute approximate surface area is 81.2 Å². The zero-order chi connectivity index (χ0) is 10.1. The maximum Gasteiger partial charge on any atom is 0.0728 e. The highest BCUT2D eigenvalue weighted by molar-refractivity contribution is 5.18. The van der Waals surface area contributed by atoms with Crippen LogP contribution in [-0.2, 0) is 0 Å². The second kappa shape index (κ2) is 3.67. The summed E-state index contributed by atoms with van der Waals surface area (Å²) in [5.41, 5.74) is 2.77. The van der Waals surface area contributed by atoms with Crippen molar-refractivity contribution in [1.29, 1.82) is 0 Å². The van der Waals surface area contributed by atoms with Crippen LogP contribution in [0.2, 0.25) is 0 Å². The normalized spacial score (nSPS) is 26.8. The third-order valence-electron chi connectivity index (χ3n) is 2.42. The molecule has 1 unspecified atom stereocenters. The zero-order valence-corrected chi connectivity index (χ0v) is 8.93. The molecule has 0 saturated heterocycles. The highest BCUT2D eigenvalue weighted by atomic mass is 16.3. The van der Waals surface area contributed by atoms with Gasteiger partial charge in [-0.25, -0.2) is 0 Å². The third-order valence-corrected chi connectivity index (χ3v) is 2.42. The fraction of sp³-hybridized carbons (Fsp3) is 0.667. The lowest BCUT2D eigenvalue weighted by atomic mass is 9.75. The van der Waals surface area contributed by atoms with Crippen molar-refractivity contribution >= 4 is 0 Å². The van der Waals surface area contributed by atoms with Gasteiger partial charge in [-0.15, -0.1) is 0 Å². The summed E-state index contributed by atoms with van der Waals surface area (Å²) in [5, 5.41) is 9.62. The SMILES string of the molecule is C=C(C)CC1=CC(O)CC(C)(C)C1. The van der Waals surface area contributed by atoms with Gasteiger partial charge < -0.3 is 5.11 Å². The number of aliphatic hydroxyl groups is 1. The van der Waals surface area contributed by atoms with E-state index in [9.17, 15) is 5.11 Å². The summed E-state index contributed by atoms with van der Waals surface area (Å²) in [6.45, 7) is 10.4. The molecule has 0 aromatic rings. The molecule has 0 fully saturated rings. The second-order valence-electron chi connectivity index (χ2n) is 5.07. The molecule has 1 aliphatic carbocycles. The maximum absolute atomic E-state index is 9.62. The molecule has 74 valence electrons. The van der Waals surface area contributed by atoms with Crippen LogP contribution in [0.1, 0.15) is 40.0 Å². The van der Waals surface area contributed by atoms with Crippen molar-refractivity contribution in [3.8, 4) is 0 Å². The van der Waals surface area contributed by atoms with Gasteiger partial charge in [-0.3, -0.25) is 0 Å². The molecule has 0 radical (unpaired) electrons. The van der Waals surface area contributed by atoms with Gasteiger partial charge in [0.05, 0.1) is 6.10 Å². The Morgan fingerprint density at radius 3 is 2.77 bits per heavy atom. The van der Waals surface area contributed by atoms with Gasteiger partial charge in [-0.2, -0.15) is 0 Å². The van der Waals surface area contributed by atoms with E-state index in [1.165, 1.54) is 11.1 Å². The largest absolute Gasteiger partial charge is 0.389 e. The number of aliphatic hydroxyl groups excluding tert-OH is 1. The van der Waals surface area contributed by atoms with Gasteiger partial charge in [0.1, 0.15) is 0 Å². The molecular weight excluding hydrogens is 160 g/mol. The van der Waals surface area contributed by atoms with Gasteiger partial charge in [0.15, 0.2) is 0 Å². The molecule has 13 heavy (non-hydrogen) atoms. The fourth-order valence-electron chi connectivity index (χ4n) is 2.15. The van der Waals surface area contributed by atoms with E-state index in [2.05, 4.69) is 20.4 Å². The third kappa shape index (κ3) is 3.35. The van der Waals surface area contributed by atoms with Gasteiger partial charge in [0.25, 0.3) is 0 Å². The first-order valence-corrected chi connectivity index (χ1v) is 4.91. The Balaban J connectivity index is 2.69. The Kier molecular flexibility index (Phi) is 2.97. The van der Waals surface area contributed by atoms with Crippen molar-refractivity contribution in [2.45, 2.75) is 46.1 Å². The Hall–Kier alpha value is -0.560. The zero-order valence-electron chi connectivity index (χ0n) is 8.93. The highest BCUT2D eigenvalue weighted by Gasteiger charge is 2.27. The molecule has 0 spiro atoms. The van der Waals surface area contributed by atoms with Crippen molar-refractivity contribution in [2.75, 3.05) is 0 Å². The van der Waals surface area contributed by atoms with Crippen LogP contribution in [0.3, 0.4) is 0 Å². The van der Waals surface area contributed by atoms with Gasteiger partial charge in [0, 0.05) is 0 Å². The van der Waals surface area contributed by atoms with Crippen molar-refractivity contribution in [3.63, 3.8) is 0 Å². The molecule has 1 atom stereocenters. The molecule has 1 nitrogen and oxygen atoms in total. The quantitative estimate of drug-likeness (QED) is 0.647. The van der Waals surface area contributed by atoms with E-state index in [0.717, 1.165) is 19.3 Å². The van der Waals surface area contributed by atoms with Crippen LogP contribution in [0.25, 0.3) is 0 Å². The molecule has 1 aliphatic rings. The molecular formula is C12H20O. The van der Waals surface area contributed by atoms with Gasteiger partial charge in [-0.05, 0) is 31.6 Å². The average Bonchev–Trinajstić information content (AvgIpc) is 1.78. The summed E-state index contributed by atoms with van der Waals surface area (Å²) in [6.07, 6.45) is 4.67. The van der Waals surface area contributed by atoms with Crippen molar-refractivity contribution in [2.24, 2.45) is 5.41 Å². The predicted molar refractivity (Wildman–Crippen MR) is 56.5 cm³/mol. The van der Waals surface area contributed by atoms with Gasteiger partial charge >= 0.3 is 0 Å². The highest BCUT2D eigenvalue weighted by Crippen LogP contribution is 2.37. The average molecular weight is 180 g/mol. The van der Waals surface area contributed by atoms with Crippen molar-refractivity contribution in [3.05, 3.63) is 23.8 Å². The number of allylic oxidation sites excluding steroid dienone is 2. The minimum atomic E-state index is -0.252. The van der Waals surface area contributed by atoms with Crippen LogP contribution < -0.4 is 0 Å². The van der Waals surface area contributed by atoms with Crippen LogP contribution in [0, 0.1) is 5.41 Å². The Bertz CT molecular complexity index is 236. The number of hydrogen-bond acceptors (Lipinski definition) is 1. The lowest BCUT2D eigenvalue weighted by Gasteiger charge is -2.32. The fourth-order valence-corrected chi connectivity index (χ4v) is 2.15. The molecule has 1 heteroatoms. The first kappa shape index (κ1) is 10.5. The van der Waals surface area contributed by atoms with E-state index in [-0.39, 0.29) is 11.5 Å². The topological polar surface area (TPSA) is 20.2 Å². The molecule has 0 heterocycles. The summed E-state index contributed by atoms with van der Waals surface area (Å²) in [7, 11) is 0. The maximum atomic E-state index is 9.62. The number of hydrogen-bond donors (Lipinski definition) is 1. The molecule has 1 rings (SSSR count). The van der Waals surface area contributed by atoms with E-state index in [1.54, 1.807) is 0 Å². The standard InChI is InChI=1S/C12H20O/c1-9(2)5-10-6-11(13)8-12(3,4)7-10/h6,11,13H,1,5,7-8H2,2-4H3. The van der Waals surface area contributed by atoms with Crippen LogP contribution >= 0.6 is 0 Å². The molecule has 0 amide bonds. The van der Waals surface area contributed by atoms with Crippen molar-refractivity contribution in [1.82, 2.24) is 0 Å². The van der Waals surface area contributed by atoms with Crippen molar-refractivity contribution < 1.29 is 5.11 Å². The minimum absolute atomic E-state index is 0.249.